The molecule has 21 heavy (non-hydrogen) atoms. The molecule has 0 fully saturated rings. The highest BCUT2D eigenvalue weighted by Gasteiger charge is 2.08. The molecule has 3 nitrogen and oxygen atoms in total. The first kappa shape index (κ1) is 21.0. The second-order valence-electron chi connectivity index (χ2n) is 5.67. The van der Waals surface area contributed by atoms with Crippen LogP contribution in [-0.2, 0) is 0 Å². The molecule has 0 aromatic carbocycles. The summed E-state index contributed by atoms with van der Waals surface area (Å²) in [6, 6.07) is -0.566. The first-order chi connectivity index (χ1) is 10.2. The fourth-order valence-electron chi connectivity index (χ4n) is 2.11. The number of unbranched alkanes of at least 4 members (excludes halogenated alkanes) is 8. The summed E-state index contributed by atoms with van der Waals surface area (Å²) in [6.45, 7) is 2.08. The Kier molecular flexibility index (Phi) is 16.3. The zero-order chi connectivity index (χ0) is 15.8. The van der Waals surface area contributed by atoms with Crippen molar-refractivity contribution in [2.45, 2.75) is 76.9 Å². The fourth-order valence-corrected chi connectivity index (χ4v) is 2.93. The van der Waals surface area contributed by atoms with Crippen LogP contribution in [-0.4, -0.2) is 40.5 Å². The smallest absolute Gasteiger partial charge is 0.0894 e. The molecule has 0 aliphatic carbocycles. The van der Waals surface area contributed by atoms with E-state index in [2.05, 4.69) is 6.92 Å². The lowest BCUT2D eigenvalue weighted by molar-refractivity contribution is 0.144. The second kappa shape index (κ2) is 16.3. The number of hydrogen-bond donors (Lipinski definition) is 3. The van der Waals surface area contributed by atoms with E-state index in [1.807, 2.05) is 17.8 Å². The molecule has 0 aromatic heterocycles. The maximum Gasteiger partial charge on any atom is 0.0894 e. The summed E-state index contributed by atoms with van der Waals surface area (Å²) in [5, 5.41) is 18.3. The maximum absolute atomic E-state index is 9.51. The summed E-state index contributed by atoms with van der Waals surface area (Å²) >= 11 is 1.89. The predicted molar refractivity (Wildman–Crippen MR) is 94.8 cm³/mol. The second-order valence-corrected chi connectivity index (χ2v) is 6.82. The third kappa shape index (κ3) is 14.7. The summed E-state index contributed by atoms with van der Waals surface area (Å²) < 4.78 is 0. The SMILES string of the molecule is CCCCCCCCCCCSCC=CC(O)C(N)CO. The third-order valence-corrected chi connectivity index (χ3v) is 4.59. The van der Waals surface area contributed by atoms with Gasteiger partial charge in [0.25, 0.3) is 0 Å². The molecule has 0 rings (SSSR count). The first-order valence-electron chi connectivity index (χ1n) is 8.51. The monoisotopic (exact) mass is 317 g/mol. The molecule has 4 N–H and O–H groups in total. The van der Waals surface area contributed by atoms with Gasteiger partial charge in [0.2, 0.25) is 0 Å². The van der Waals surface area contributed by atoms with Crippen molar-refractivity contribution in [2.24, 2.45) is 5.73 Å². The number of rotatable bonds is 15. The van der Waals surface area contributed by atoms with Crippen LogP contribution in [0.15, 0.2) is 12.2 Å². The van der Waals surface area contributed by atoms with Gasteiger partial charge in [0, 0.05) is 5.75 Å². The predicted octanol–water partition coefficient (Wildman–Crippen LogP) is 3.49. The van der Waals surface area contributed by atoms with Gasteiger partial charge in [-0.2, -0.15) is 11.8 Å². The zero-order valence-corrected chi connectivity index (χ0v) is 14.5. The highest BCUT2D eigenvalue weighted by atomic mass is 32.2. The van der Waals surface area contributed by atoms with Crippen molar-refractivity contribution >= 4 is 11.8 Å². The van der Waals surface area contributed by atoms with Gasteiger partial charge < -0.3 is 15.9 Å². The molecule has 0 bridgehead atoms. The van der Waals surface area contributed by atoms with Crippen LogP contribution in [0.25, 0.3) is 0 Å². The Morgan fingerprint density at radius 1 is 1.00 bits per heavy atom. The lowest BCUT2D eigenvalue weighted by atomic mass is 10.1. The van der Waals surface area contributed by atoms with Crippen molar-refractivity contribution in [2.75, 3.05) is 18.1 Å². The van der Waals surface area contributed by atoms with Crippen molar-refractivity contribution in [1.82, 2.24) is 0 Å². The van der Waals surface area contributed by atoms with E-state index in [4.69, 9.17) is 10.8 Å². The molecule has 0 saturated heterocycles. The minimum atomic E-state index is -0.733. The topological polar surface area (TPSA) is 66.5 Å². The number of aliphatic hydroxyl groups is 2. The standard InChI is InChI=1S/C17H35NO2S/c1-2-3-4-5-6-7-8-9-10-13-21-14-11-12-17(20)16(18)15-19/h11-12,16-17,19-20H,2-10,13-15,18H2,1H3. The summed E-state index contributed by atoms with van der Waals surface area (Å²) in [6.07, 6.45) is 15.2. The van der Waals surface area contributed by atoms with E-state index in [1.54, 1.807) is 6.08 Å². The molecule has 0 amide bonds. The molecule has 0 aromatic rings. The molecule has 0 radical (unpaired) electrons. The molecule has 2 unspecified atom stereocenters. The molecule has 2 atom stereocenters. The Labute approximate surface area is 135 Å². The third-order valence-electron chi connectivity index (χ3n) is 3.59. The average Bonchev–Trinajstić information content (AvgIpc) is 2.50. The van der Waals surface area contributed by atoms with Crippen LogP contribution in [0.4, 0.5) is 0 Å². The van der Waals surface area contributed by atoms with Crippen LogP contribution < -0.4 is 5.73 Å². The lowest BCUT2D eigenvalue weighted by Crippen LogP contribution is -2.36. The van der Waals surface area contributed by atoms with Gasteiger partial charge in [-0.1, -0.05) is 70.4 Å². The molecule has 4 heteroatoms. The summed E-state index contributed by atoms with van der Waals surface area (Å²) in [4.78, 5) is 0. The van der Waals surface area contributed by atoms with Crippen molar-refractivity contribution in [1.29, 1.82) is 0 Å². The van der Waals surface area contributed by atoms with Crippen LogP contribution in [0.5, 0.6) is 0 Å². The quantitative estimate of drug-likeness (QED) is 0.319. The number of hydrogen-bond acceptors (Lipinski definition) is 4. The summed E-state index contributed by atoms with van der Waals surface area (Å²) in [5.41, 5.74) is 5.51. The lowest BCUT2D eigenvalue weighted by Gasteiger charge is -2.11. The number of thioether (sulfide) groups is 1. The van der Waals surface area contributed by atoms with Crippen LogP contribution in [0.3, 0.4) is 0 Å². The van der Waals surface area contributed by atoms with E-state index in [9.17, 15) is 5.11 Å². The van der Waals surface area contributed by atoms with Crippen molar-refractivity contribution < 1.29 is 10.2 Å². The fraction of sp³-hybridized carbons (Fsp3) is 0.882. The molecule has 0 aliphatic heterocycles. The molecule has 0 aliphatic rings. The van der Waals surface area contributed by atoms with Gasteiger partial charge in [0.15, 0.2) is 0 Å². The van der Waals surface area contributed by atoms with Gasteiger partial charge in [-0.15, -0.1) is 0 Å². The van der Waals surface area contributed by atoms with E-state index in [1.165, 1.54) is 63.5 Å². The Balaban J connectivity index is 3.20. The highest BCUT2D eigenvalue weighted by molar-refractivity contribution is 7.99. The Bertz CT molecular complexity index is 237. The van der Waals surface area contributed by atoms with Gasteiger partial charge in [-0.25, -0.2) is 0 Å². The van der Waals surface area contributed by atoms with Crippen molar-refractivity contribution in [3.63, 3.8) is 0 Å². The maximum atomic E-state index is 9.51. The largest absolute Gasteiger partial charge is 0.395 e. The van der Waals surface area contributed by atoms with Crippen LogP contribution in [0.2, 0.25) is 0 Å². The van der Waals surface area contributed by atoms with Crippen molar-refractivity contribution in [3.05, 3.63) is 12.2 Å². The summed E-state index contributed by atoms with van der Waals surface area (Å²) in [7, 11) is 0. The molecular formula is C17H35NO2S. The molecular weight excluding hydrogens is 282 g/mol. The Morgan fingerprint density at radius 2 is 1.57 bits per heavy atom. The van der Waals surface area contributed by atoms with Gasteiger partial charge in [-0.3, -0.25) is 0 Å². The van der Waals surface area contributed by atoms with E-state index in [0.717, 1.165) is 5.75 Å². The normalized spacial score (nSPS) is 14.7. The molecule has 0 saturated carbocycles. The Hall–Kier alpha value is -0.0300. The van der Waals surface area contributed by atoms with Gasteiger partial charge in [0.05, 0.1) is 18.8 Å². The van der Waals surface area contributed by atoms with Crippen LogP contribution in [0, 0.1) is 0 Å². The average molecular weight is 318 g/mol. The molecule has 0 heterocycles. The van der Waals surface area contributed by atoms with Gasteiger partial charge in [-0.05, 0) is 12.2 Å². The molecule has 0 spiro atoms. The number of nitrogens with two attached hydrogens (primary N) is 1. The minimum absolute atomic E-state index is 0.183. The summed E-state index contributed by atoms with van der Waals surface area (Å²) in [5.74, 6) is 2.09. The van der Waals surface area contributed by atoms with Crippen LogP contribution in [0.1, 0.15) is 64.7 Å². The van der Waals surface area contributed by atoms with Crippen molar-refractivity contribution in [3.8, 4) is 0 Å². The zero-order valence-electron chi connectivity index (χ0n) is 13.7. The van der Waals surface area contributed by atoms with Crippen LogP contribution >= 0.6 is 11.8 Å². The number of aliphatic hydroxyl groups excluding tert-OH is 2. The van der Waals surface area contributed by atoms with Gasteiger partial charge in [0.1, 0.15) is 0 Å². The van der Waals surface area contributed by atoms with E-state index >= 15 is 0 Å². The van der Waals surface area contributed by atoms with Gasteiger partial charge >= 0.3 is 0 Å². The van der Waals surface area contributed by atoms with E-state index in [-0.39, 0.29) is 6.61 Å². The first-order valence-corrected chi connectivity index (χ1v) is 9.66. The molecule has 126 valence electrons. The van der Waals surface area contributed by atoms with E-state index < -0.39 is 12.1 Å². The minimum Gasteiger partial charge on any atom is -0.395 e. The van der Waals surface area contributed by atoms with E-state index in [0.29, 0.717) is 0 Å². The highest BCUT2D eigenvalue weighted by Crippen LogP contribution is 2.12. The Morgan fingerprint density at radius 3 is 2.14 bits per heavy atom.